The highest BCUT2D eigenvalue weighted by Crippen LogP contribution is 2.27. The van der Waals surface area contributed by atoms with Crippen LogP contribution in [0.5, 0.6) is 0 Å². The standard InChI is InChI=1S/C19H16Cl2N4O2S/c20-12-10-14(21)17(22-11-12)24-5-7-25(8-6-24)19(27)13-3-4-15(23-18(13)26)16-2-1-9-28-16/h1-4,9-11H,5-8H2,(H,23,26). The summed E-state index contributed by atoms with van der Waals surface area (Å²) in [5.41, 5.74) is 0.488. The lowest BCUT2D eigenvalue weighted by molar-refractivity contribution is 0.0745. The molecule has 9 heteroatoms. The van der Waals surface area contributed by atoms with E-state index < -0.39 is 0 Å². The van der Waals surface area contributed by atoms with Gasteiger partial charge in [0.05, 0.1) is 20.6 Å². The molecule has 0 saturated carbocycles. The van der Waals surface area contributed by atoms with Crippen LogP contribution in [0, 0.1) is 0 Å². The van der Waals surface area contributed by atoms with Crippen molar-refractivity contribution in [3.05, 3.63) is 67.9 Å². The summed E-state index contributed by atoms with van der Waals surface area (Å²) in [6.07, 6.45) is 1.55. The van der Waals surface area contributed by atoms with Gasteiger partial charge in [-0.05, 0) is 29.6 Å². The van der Waals surface area contributed by atoms with E-state index in [1.165, 1.54) is 11.3 Å². The lowest BCUT2D eigenvalue weighted by Gasteiger charge is -2.35. The molecule has 28 heavy (non-hydrogen) atoms. The molecule has 4 rings (SSSR count). The zero-order chi connectivity index (χ0) is 19.7. The Labute approximate surface area is 175 Å². The summed E-state index contributed by atoms with van der Waals surface area (Å²) >= 11 is 13.6. The second-order valence-electron chi connectivity index (χ2n) is 6.33. The Morgan fingerprint density at radius 1 is 1.14 bits per heavy atom. The van der Waals surface area contributed by atoms with Gasteiger partial charge in [-0.15, -0.1) is 11.3 Å². The Hall–Kier alpha value is -2.35. The van der Waals surface area contributed by atoms with Gasteiger partial charge in [0.2, 0.25) is 0 Å². The number of carbonyl (C=O) groups excluding carboxylic acids is 1. The van der Waals surface area contributed by atoms with Crippen LogP contribution in [0.4, 0.5) is 5.82 Å². The van der Waals surface area contributed by atoms with Gasteiger partial charge in [-0.2, -0.15) is 0 Å². The van der Waals surface area contributed by atoms with E-state index in [1.807, 2.05) is 22.4 Å². The highest BCUT2D eigenvalue weighted by Gasteiger charge is 2.25. The molecule has 3 aromatic rings. The van der Waals surface area contributed by atoms with Gasteiger partial charge < -0.3 is 14.8 Å². The van der Waals surface area contributed by atoms with Gasteiger partial charge in [-0.3, -0.25) is 9.59 Å². The van der Waals surface area contributed by atoms with Crippen LogP contribution in [0.3, 0.4) is 0 Å². The number of carbonyl (C=O) groups is 1. The molecule has 6 nitrogen and oxygen atoms in total. The van der Waals surface area contributed by atoms with Crippen molar-refractivity contribution in [3.8, 4) is 10.6 Å². The third kappa shape index (κ3) is 3.78. The molecule has 1 amide bonds. The molecule has 1 N–H and O–H groups in total. The molecule has 0 bridgehead atoms. The fourth-order valence-electron chi connectivity index (χ4n) is 3.15. The first-order chi connectivity index (χ1) is 13.5. The molecule has 1 fully saturated rings. The van der Waals surface area contributed by atoms with Crippen LogP contribution >= 0.6 is 34.5 Å². The molecular formula is C19H16Cl2N4O2S. The summed E-state index contributed by atoms with van der Waals surface area (Å²) in [5, 5.41) is 2.90. The quantitative estimate of drug-likeness (QED) is 0.680. The molecule has 4 heterocycles. The number of H-pyrrole nitrogens is 1. The van der Waals surface area contributed by atoms with Gasteiger partial charge in [0, 0.05) is 32.4 Å². The summed E-state index contributed by atoms with van der Waals surface area (Å²) in [6, 6.07) is 8.86. The lowest BCUT2D eigenvalue weighted by atomic mass is 10.2. The zero-order valence-corrected chi connectivity index (χ0v) is 17.0. The number of rotatable bonds is 3. The Bertz CT molecular complexity index is 1060. The first-order valence-electron chi connectivity index (χ1n) is 8.65. The first-order valence-corrected chi connectivity index (χ1v) is 10.3. The van der Waals surface area contributed by atoms with Crippen molar-refractivity contribution >= 4 is 46.3 Å². The molecule has 0 atom stereocenters. The second-order valence-corrected chi connectivity index (χ2v) is 8.12. The monoisotopic (exact) mass is 434 g/mol. The predicted molar refractivity (Wildman–Crippen MR) is 113 cm³/mol. The van der Waals surface area contributed by atoms with Gasteiger partial charge in [0.25, 0.3) is 11.5 Å². The number of nitrogens with one attached hydrogen (secondary N) is 1. The molecule has 1 aliphatic rings. The van der Waals surface area contributed by atoms with E-state index in [4.69, 9.17) is 23.2 Å². The van der Waals surface area contributed by atoms with Gasteiger partial charge >= 0.3 is 0 Å². The molecule has 0 aliphatic carbocycles. The Kier molecular flexibility index (Phi) is 5.39. The molecule has 0 unspecified atom stereocenters. The van der Waals surface area contributed by atoms with Crippen LogP contribution in [0.25, 0.3) is 10.6 Å². The SMILES string of the molecule is O=C(c1ccc(-c2cccs2)[nH]c1=O)N1CCN(c2ncc(Cl)cc2Cl)CC1. The van der Waals surface area contributed by atoms with E-state index in [0.717, 1.165) is 4.88 Å². The number of thiophene rings is 1. The van der Waals surface area contributed by atoms with E-state index in [0.29, 0.717) is 47.7 Å². The van der Waals surface area contributed by atoms with Crippen molar-refractivity contribution in [2.24, 2.45) is 0 Å². The maximum absolute atomic E-state index is 12.8. The fourth-order valence-corrected chi connectivity index (χ4v) is 4.36. The number of anilines is 1. The van der Waals surface area contributed by atoms with Crippen LogP contribution in [-0.2, 0) is 0 Å². The predicted octanol–water partition coefficient (Wildman–Crippen LogP) is 3.77. The molecule has 0 radical (unpaired) electrons. The van der Waals surface area contributed by atoms with Gasteiger partial charge in [-0.1, -0.05) is 29.3 Å². The number of halogens is 2. The molecule has 0 spiro atoms. The van der Waals surface area contributed by atoms with Crippen molar-refractivity contribution in [2.75, 3.05) is 31.1 Å². The van der Waals surface area contributed by atoms with E-state index in [2.05, 4.69) is 9.97 Å². The smallest absolute Gasteiger partial charge is 0.261 e. The molecule has 144 valence electrons. The number of hydrogen-bond donors (Lipinski definition) is 1. The topological polar surface area (TPSA) is 69.3 Å². The van der Waals surface area contributed by atoms with Crippen LogP contribution in [0.15, 0.2) is 46.7 Å². The Morgan fingerprint density at radius 2 is 1.93 bits per heavy atom. The summed E-state index contributed by atoms with van der Waals surface area (Å²) < 4.78 is 0. The minimum atomic E-state index is -0.374. The molecule has 3 aromatic heterocycles. The van der Waals surface area contributed by atoms with Crippen LogP contribution in [0.1, 0.15) is 10.4 Å². The third-order valence-corrected chi connectivity index (χ3v) is 5.97. The van der Waals surface area contributed by atoms with E-state index in [1.54, 1.807) is 29.3 Å². The summed E-state index contributed by atoms with van der Waals surface area (Å²) in [5.74, 6) is 0.380. The van der Waals surface area contributed by atoms with Gasteiger partial charge in [-0.25, -0.2) is 4.98 Å². The summed E-state index contributed by atoms with van der Waals surface area (Å²) in [4.78, 5) is 37.0. The molecular weight excluding hydrogens is 419 g/mol. The average Bonchev–Trinajstić information content (AvgIpc) is 3.22. The number of aromatic nitrogens is 2. The maximum atomic E-state index is 12.8. The first kappa shape index (κ1) is 19.0. The molecule has 1 aliphatic heterocycles. The van der Waals surface area contributed by atoms with E-state index in [9.17, 15) is 9.59 Å². The van der Waals surface area contributed by atoms with Crippen molar-refractivity contribution in [2.45, 2.75) is 0 Å². The summed E-state index contributed by atoms with van der Waals surface area (Å²) in [6.45, 7) is 2.10. The van der Waals surface area contributed by atoms with Crippen molar-refractivity contribution in [1.82, 2.24) is 14.9 Å². The normalized spacial score (nSPS) is 14.4. The maximum Gasteiger partial charge on any atom is 0.261 e. The lowest BCUT2D eigenvalue weighted by Crippen LogP contribution is -2.50. The number of piperazine rings is 1. The Morgan fingerprint density at radius 3 is 2.57 bits per heavy atom. The number of aromatic amines is 1. The Balaban J connectivity index is 1.46. The second kappa shape index (κ2) is 7.95. The minimum Gasteiger partial charge on any atom is -0.352 e. The number of hydrogen-bond acceptors (Lipinski definition) is 5. The average molecular weight is 435 g/mol. The van der Waals surface area contributed by atoms with Crippen LogP contribution in [-0.4, -0.2) is 47.0 Å². The zero-order valence-electron chi connectivity index (χ0n) is 14.7. The van der Waals surface area contributed by atoms with E-state index in [-0.39, 0.29) is 17.0 Å². The van der Waals surface area contributed by atoms with E-state index >= 15 is 0 Å². The van der Waals surface area contributed by atoms with Gasteiger partial charge in [0.15, 0.2) is 0 Å². The highest BCUT2D eigenvalue weighted by atomic mass is 35.5. The largest absolute Gasteiger partial charge is 0.352 e. The van der Waals surface area contributed by atoms with Crippen LogP contribution < -0.4 is 10.5 Å². The minimum absolute atomic E-state index is 0.149. The summed E-state index contributed by atoms with van der Waals surface area (Å²) in [7, 11) is 0. The van der Waals surface area contributed by atoms with Crippen molar-refractivity contribution < 1.29 is 4.79 Å². The van der Waals surface area contributed by atoms with Crippen molar-refractivity contribution in [1.29, 1.82) is 0 Å². The fraction of sp³-hybridized carbons (Fsp3) is 0.211. The third-order valence-electron chi connectivity index (χ3n) is 4.58. The van der Waals surface area contributed by atoms with Crippen molar-refractivity contribution in [3.63, 3.8) is 0 Å². The molecule has 1 saturated heterocycles. The molecule has 0 aromatic carbocycles. The number of pyridine rings is 2. The van der Waals surface area contributed by atoms with Gasteiger partial charge in [0.1, 0.15) is 11.4 Å². The van der Waals surface area contributed by atoms with Crippen LogP contribution in [0.2, 0.25) is 10.0 Å². The number of nitrogens with zero attached hydrogens (tertiary/aromatic N) is 3. The highest BCUT2D eigenvalue weighted by molar-refractivity contribution is 7.13. The number of amides is 1.